The lowest BCUT2D eigenvalue weighted by Gasteiger charge is -2.22. The highest BCUT2D eigenvalue weighted by Gasteiger charge is 2.32. The summed E-state index contributed by atoms with van der Waals surface area (Å²) in [6.07, 6.45) is 0.862. The smallest absolute Gasteiger partial charge is 0.255 e. The van der Waals surface area contributed by atoms with Crippen LogP contribution in [0.2, 0.25) is 0 Å². The number of carbonyl (C=O) groups is 1. The van der Waals surface area contributed by atoms with Gasteiger partial charge in [-0.05, 0) is 47.3 Å². The second-order valence-corrected chi connectivity index (χ2v) is 7.78. The molecule has 2 N–H and O–H groups in total. The normalized spacial score (nSPS) is 22.6. The van der Waals surface area contributed by atoms with Gasteiger partial charge >= 0.3 is 0 Å². The van der Waals surface area contributed by atoms with Gasteiger partial charge in [-0.2, -0.15) is 0 Å². The van der Waals surface area contributed by atoms with Crippen LogP contribution in [0.3, 0.4) is 0 Å². The summed E-state index contributed by atoms with van der Waals surface area (Å²) in [6.45, 7) is 4.50. The van der Waals surface area contributed by atoms with Crippen molar-refractivity contribution >= 4 is 31.9 Å². The van der Waals surface area contributed by atoms with E-state index < -0.39 is 26.6 Å². The minimum atomic E-state index is -4.12. The molecule has 116 valence electrons. The monoisotopic (exact) mass is 378 g/mol. The molecule has 2 unspecified atom stereocenters. The quantitative estimate of drug-likeness (QED) is 0.855. The molecule has 1 aliphatic rings. The Balaban J connectivity index is 2.50. The van der Waals surface area contributed by atoms with Gasteiger partial charge in [-0.1, -0.05) is 6.92 Å². The summed E-state index contributed by atoms with van der Waals surface area (Å²) < 4.78 is 36.6. The SMILES string of the molecule is CC1CC(C)N(C(=O)c2cc(F)cc(S(N)(=O)=O)c2Br)C1. The summed E-state index contributed by atoms with van der Waals surface area (Å²) in [6, 6.07) is 1.85. The number of primary sulfonamides is 1. The van der Waals surface area contributed by atoms with E-state index in [4.69, 9.17) is 5.14 Å². The van der Waals surface area contributed by atoms with Crippen molar-refractivity contribution in [2.75, 3.05) is 6.54 Å². The third-order valence-electron chi connectivity index (χ3n) is 3.59. The Morgan fingerprint density at radius 2 is 2.05 bits per heavy atom. The number of hydrogen-bond donors (Lipinski definition) is 1. The average molecular weight is 379 g/mol. The van der Waals surface area contributed by atoms with Crippen molar-refractivity contribution in [2.45, 2.75) is 31.2 Å². The maximum atomic E-state index is 13.6. The van der Waals surface area contributed by atoms with E-state index in [1.165, 1.54) is 0 Å². The molecule has 1 aromatic rings. The highest BCUT2D eigenvalue weighted by atomic mass is 79.9. The van der Waals surface area contributed by atoms with Crippen LogP contribution in [-0.2, 0) is 10.0 Å². The average Bonchev–Trinajstić information content (AvgIpc) is 2.68. The van der Waals surface area contributed by atoms with E-state index in [1.54, 1.807) is 4.90 Å². The third kappa shape index (κ3) is 3.27. The number of sulfonamides is 1. The molecule has 1 aliphatic heterocycles. The summed E-state index contributed by atoms with van der Waals surface area (Å²) in [5, 5.41) is 5.05. The minimum Gasteiger partial charge on any atom is -0.336 e. The van der Waals surface area contributed by atoms with Crippen molar-refractivity contribution in [3.05, 3.63) is 28.0 Å². The Morgan fingerprint density at radius 1 is 1.43 bits per heavy atom. The molecule has 5 nitrogen and oxygen atoms in total. The summed E-state index contributed by atoms with van der Waals surface area (Å²) in [7, 11) is -4.12. The molecule has 8 heteroatoms. The Bertz CT molecular complexity index is 693. The van der Waals surface area contributed by atoms with Crippen LogP contribution < -0.4 is 5.14 Å². The van der Waals surface area contributed by atoms with Gasteiger partial charge in [-0.25, -0.2) is 17.9 Å². The van der Waals surface area contributed by atoms with Crippen LogP contribution >= 0.6 is 15.9 Å². The largest absolute Gasteiger partial charge is 0.336 e. The first kappa shape index (κ1) is 16.4. The number of nitrogens with zero attached hydrogens (tertiary/aromatic N) is 1. The lowest BCUT2D eigenvalue weighted by Crippen LogP contribution is -2.34. The Morgan fingerprint density at radius 3 is 2.52 bits per heavy atom. The molecule has 1 amide bonds. The number of nitrogens with two attached hydrogens (primary N) is 1. The Labute approximate surface area is 131 Å². The fourth-order valence-corrected chi connectivity index (χ4v) is 4.38. The van der Waals surface area contributed by atoms with Gasteiger partial charge < -0.3 is 4.90 Å². The molecule has 1 fully saturated rings. The van der Waals surface area contributed by atoms with Gasteiger partial charge in [0.1, 0.15) is 5.82 Å². The molecule has 0 aromatic heterocycles. The first-order valence-electron chi connectivity index (χ1n) is 6.44. The van der Waals surface area contributed by atoms with E-state index in [9.17, 15) is 17.6 Å². The summed E-state index contributed by atoms with van der Waals surface area (Å²) in [4.78, 5) is 13.7. The number of rotatable bonds is 2. The maximum Gasteiger partial charge on any atom is 0.255 e. The van der Waals surface area contributed by atoms with Crippen molar-refractivity contribution in [2.24, 2.45) is 11.1 Å². The lowest BCUT2D eigenvalue weighted by atomic mass is 10.1. The van der Waals surface area contributed by atoms with Crippen LogP contribution in [0.1, 0.15) is 30.6 Å². The zero-order chi connectivity index (χ0) is 15.9. The molecular weight excluding hydrogens is 363 g/mol. The summed E-state index contributed by atoms with van der Waals surface area (Å²) in [5.74, 6) is -0.859. The van der Waals surface area contributed by atoms with Crippen molar-refractivity contribution in [1.29, 1.82) is 0 Å². The topological polar surface area (TPSA) is 80.5 Å². The van der Waals surface area contributed by atoms with Gasteiger partial charge in [0.25, 0.3) is 5.91 Å². The first-order chi connectivity index (χ1) is 9.61. The number of halogens is 2. The fraction of sp³-hybridized carbons (Fsp3) is 0.462. The van der Waals surface area contributed by atoms with Crippen LogP contribution in [0.15, 0.2) is 21.5 Å². The van der Waals surface area contributed by atoms with Gasteiger partial charge in [0, 0.05) is 12.6 Å². The van der Waals surface area contributed by atoms with Crippen molar-refractivity contribution in [1.82, 2.24) is 4.90 Å². The molecule has 0 radical (unpaired) electrons. The zero-order valence-electron chi connectivity index (χ0n) is 11.6. The fourth-order valence-electron chi connectivity index (χ4n) is 2.66. The highest BCUT2D eigenvalue weighted by molar-refractivity contribution is 9.10. The molecule has 21 heavy (non-hydrogen) atoms. The van der Waals surface area contributed by atoms with Crippen LogP contribution in [0.25, 0.3) is 0 Å². The van der Waals surface area contributed by atoms with Gasteiger partial charge in [-0.3, -0.25) is 4.79 Å². The molecule has 1 saturated heterocycles. The van der Waals surface area contributed by atoms with Gasteiger partial charge in [-0.15, -0.1) is 0 Å². The molecule has 0 spiro atoms. The molecule has 0 bridgehead atoms. The van der Waals surface area contributed by atoms with E-state index in [2.05, 4.69) is 15.9 Å². The number of likely N-dealkylation sites (tertiary alicyclic amines) is 1. The number of amides is 1. The van der Waals surface area contributed by atoms with Gasteiger partial charge in [0.15, 0.2) is 0 Å². The number of carbonyl (C=O) groups excluding carboxylic acids is 1. The van der Waals surface area contributed by atoms with Crippen LogP contribution in [0.5, 0.6) is 0 Å². The lowest BCUT2D eigenvalue weighted by molar-refractivity contribution is 0.0742. The molecule has 2 atom stereocenters. The minimum absolute atomic E-state index is 0.00292. The number of benzene rings is 1. The van der Waals surface area contributed by atoms with E-state index in [0.717, 1.165) is 18.6 Å². The van der Waals surface area contributed by atoms with Gasteiger partial charge in [0.2, 0.25) is 10.0 Å². The predicted molar refractivity (Wildman–Crippen MR) is 79.8 cm³/mol. The summed E-state index contributed by atoms with van der Waals surface area (Å²) >= 11 is 3.06. The third-order valence-corrected chi connectivity index (χ3v) is 5.64. The van der Waals surface area contributed by atoms with Crippen LogP contribution in [0, 0.1) is 11.7 Å². The standard InChI is InChI=1S/C13H16BrFN2O3S/c1-7-3-8(2)17(6-7)13(18)10-4-9(15)5-11(12(10)14)21(16,19)20/h4-5,7-8H,3,6H2,1-2H3,(H2,16,19,20). The van der Waals surface area contributed by atoms with E-state index >= 15 is 0 Å². The molecule has 0 aliphatic carbocycles. The highest BCUT2D eigenvalue weighted by Crippen LogP contribution is 2.30. The Kier molecular flexibility index (Phi) is 4.41. The molecule has 2 rings (SSSR count). The molecule has 0 saturated carbocycles. The zero-order valence-corrected chi connectivity index (χ0v) is 14.0. The Hall–Kier alpha value is -0.990. The van der Waals surface area contributed by atoms with E-state index in [1.807, 2.05) is 13.8 Å². The van der Waals surface area contributed by atoms with Crippen LogP contribution in [-0.4, -0.2) is 31.8 Å². The van der Waals surface area contributed by atoms with E-state index in [-0.39, 0.29) is 16.1 Å². The second kappa shape index (κ2) is 5.66. The second-order valence-electron chi connectivity index (χ2n) is 5.46. The predicted octanol–water partition coefficient (Wildman–Crippen LogP) is 2.11. The van der Waals surface area contributed by atoms with Gasteiger partial charge in [0.05, 0.1) is 14.9 Å². The molecular formula is C13H16BrFN2O3S. The molecule has 1 heterocycles. The van der Waals surface area contributed by atoms with Crippen molar-refractivity contribution in [3.63, 3.8) is 0 Å². The summed E-state index contributed by atoms with van der Waals surface area (Å²) in [5.41, 5.74) is -0.0278. The van der Waals surface area contributed by atoms with Crippen molar-refractivity contribution in [3.8, 4) is 0 Å². The maximum absolute atomic E-state index is 13.6. The first-order valence-corrected chi connectivity index (χ1v) is 8.78. The van der Waals surface area contributed by atoms with Crippen LogP contribution in [0.4, 0.5) is 4.39 Å². The number of hydrogen-bond acceptors (Lipinski definition) is 3. The van der Waals surface area contributed by atoms with Crippen molar-refractivity contribution < 1.29 is 17.6 Å². The van der Waals surface area contributed by atoms with E-state index in [0.29, 0.717) is 12.5 Å². The molecule has 1 aromatic carbocycles.